The molecule has 0 spiro atoms. The van der Waals surface area contributed by atoms with Crippen molar-refractivity contribution in [1.82, 2.24) is 4.90 Å². The number of allylic oxidation sites excluding steroid dienone is 1. The lowest BCUT2D eigenvalue weighted by Gasteiger charge is -2.29. The third kappa shape index (κ3) is 3.12. The van der Waals surface area contributed by atoms with Gasteiger partial charge in [0.15, 0.2) is 0 Å². The lowest BCUT2D eigenvalue weighted by Crippen LogP contribution is -2.29. The Balaban J connectivity index is 2.47. The summed E-state index contributed by atoms with van der Waals surface area (Å²) in [5, 5.41) is 0. The molecule has 0 bridgehead atoms. The molecule has 0 saturated carbocycles. The van der Waals surface area contributed by atoms with Gasteiger partial charge in [0.05, 0.1) is 6.10 Å². The molecule has 0 radical (unpaired) electrons. The third-order valence-electron chi connectivity index (χ3n) is 2.74. The summed E-state index contributed by atoms with van der Waals surface area (Å²) in [6.07, 6.45) is 5.07. The summed E-state index contributed by atoms with van der Waals surface area (Å²) in [6, 6.07) is 0. The van der Waals surface area contributed by atoms with Gasteiger partial charge in [-0.1, -0.05) is 6.08 Å². The van der Waals surface area contributed by atoms with Gasteiger partial charge >= 0.3 is 0 Å². The predicted octanol–water partition coefficient (Wildman–Crippen LogP) is 1.92. The average Bonchev–Trinajstić information content (AvgIpc) is 2.07. The van der Waals surface area contributed by atoms with E-state index in [4.69, 9.17) is 4.74 Å². The maximum Gasteiger partial charge on any atom is 0.0781 e. The Labute approximate surface area is 81.6 Å². The van der Waals surface area contributed by atoms with E-state index in [1.54, 1.807) is 7.11 Å². The number of rotatable bonds is 3. The van der Waals surface area contributed by atoms with Crippen LogP contribution in [0.2, 0.25) is 0 Å². The highest BCUT2D eigenvalue weighted by Crippen LogP contribution is 2.25. The van der Waals surface area contributed by atoms with Crippen molar-refractivity contribution in [3.63, 3.8) is 0 Å². The van der Waals surface area contributed by atoms with E-state index in [0.29, 0.717) is 6.10 Å². The Morgan fingerprint density at radius 2 is 2.23 bits per heavy atom. The van der Waals surface area contributed by atoms with Crippen molar-refractivity contribution < 1.29 is 4.74 Å². The van der Waals surface area contributed by atoms with Crippen LogP contribution in [0.3, 0.4) is 0 Å². The zero-order chi connectivity index (χ0) is 9.84. The molecule has 2 unspecified atom stereocenters. The lowest BCUT2D eigenvalue weighted by molar-refractivity contribution is 0.0955. The highest BCUT2D eigenvalue weighted by Gasteiger charge is 2.21. The molecule has 1 rings (SSSR count). The number of methoxy groups -OCH3 is 1. The number of hydrogen-bond acceptors (Lipinski definition) is 2. The molecule has 0 amide bonds. The van der Waals surface area contributed by atoms with Gasteiger partial charge in [-0.15, -0.1) is 0 Å². The Bertz CT molecular complexity index is 187. The highest BCUT2D eigenvalue weighted by molar-refractivity contribution is 5.10. The van der Waals surface area contributed by atoms with Gasteiger partial charge in [0.25, 0.3) is 0 Å². The predicted molar refractivity (Wildman–Crippen MR) is 55.8 cm³/mol. The molecule has 1 aliphatic rings. The van der Waals surface area contributed by atoms with E-state index in [0.717, 1.165) is 5.92 Å². The van der Waals surface area contributed by atoms with E-state index in [9.17, 15) is 0 Å². The van der Waals surface area contributed by atoms with Crippen LogP contribution < -0.4 is 0 Å². The van der Waals surface area contributed by atoms with Gasteiger partial charge in [0, 0.05) is 13.7 Å². The van der Waals surface area contributed by atoms with Gasteiger partial charge < -0.3 is 9.64 Å². The normalized spacial score (nSPS) is 29.2. The molecule has 0 aromatic heterocycles. The second-order valence-electron chi connectivity index (χ2n) is 4.27. The van der Waals surface area contributed by atoms with Crippen LogP contribution in [0.5, 0.6) is 0 Å². The summed E-state index contributed by atoms with van der Waals surface area (Å²) < 4.78 is 5.43. The molecule has 0 saturated heterocycles. The molecule has 1 aliphatic carbocycles. The SMILES string of the molecule is COC1CC(CN(C)C)CC=C1C. The molecule has 0 aromatic carbocycles. The molecule has 0 N–H and O–H groups in total. The fraction of sp³-hybridized carbons (Fsp3) is 0.818. The minimum absolute atomic E-state index is 0.360. The summed E-state index contributed by atoms with van der Waals surface area (Å²) in [4.78, 5) is 2.26. The van der Waals surface area contributed by atoms with Crippen molar-refractivity contribution in [2.45, 2.75) is 25.9 Å². The van der Waals surface area contributed by atoms with Crippen LogP contribution in [0.4, 0.5) is 0 Å². The molecule has 2 atom stereocenters. The van der Waals surface area contributed by atoms with E-state index >= 15 is 0 Å². The van der Waals surface area contributed by atoms with Crippen molar-refractivity contribution in [1.29, 1.82) is 0 Å². The third-order valence-corrected chi connectivity index (χ3v) is 2.74. The second kappa shape index (κ2) is 4.77. The first kappa shape index (κ1) is 10.7. The summed E-state index contributed by atoms with van der Waals surface area (Å²) >= 11 is 0. The van der Waals surface area contributed by atoms with Gasteiger partial charge in [0.2, 0.25) is 0 Å². The van der Waals surface area contributed by atoms with Crippen LogP contribution in [-0.2, 0) is 4.74 Å². The average molecular weight is 183 g/mol. The van der Waals surface area contributed by atoms with Gasteiger partial charge in [-0.3, -0.25) is 0 Å². The van der Waals surface area contributed by atoms with Crippen molar-refractivity contribution in [3.05, 3.63) is 11.6 Å². The van der Waals surface area contributed by atoms with Crippen LogP contribution in [-0.4, -0.2) is 38.8 Å². The molecule has 2 nitrogen and oxygen atoms in total. The lowest BCUT2D eigenvalue weighted by atomic mass is 9.88. The van der Waals surface area contributed by atoms with Crippen LogP contribution in [0.15, 0.2) is 11.6 Å². The zero-order valence-electron chi connectivity index (χ0n) is 9.21. The zero-order valence-corrected chi connectivity index (χ0v) is 9.21. The maximum absolute atomic E-state index is 5.43. The minimum atomic E-state index is 0.360. The fourth-order valence-electron chi connectivity index (χ4n) is 2.02. The van der Waals surface area contributed by atoms with E-state index < -0.39 is 0 Å². The largest absolute Gasteiger partial charge is 0.377 e. The van der Waals surface area contributed by atoms with Crippen LogP contribution in [0.1, 0.15) is 19.8 Å². The van der Waals surface area contributed by atoms with E-state index in [2.05, 4.69) is 32.0 Å². The molecule has 13 heavy (non-hydrogen) atoms. The smallest absolute Gasteiger partial charge is 0.0781 e. The molecule has 76 valence electrons. The first-order chi connectivity index (χ1) is 6.13. The van der Waals surface area contributed by atoms with Crippen LogP contribution in [0.25, 0.3) is 0 Å². The maximum atomic E-state index is 5.43. The quantitative estimate of drug-likeness (QED) is 0.620. The highest BCUT2D eigenvalue weighted by atomic mass is 16.5. The molecule has 0 fully saturated rings. The van der Waals surface area contributed by atoms with Crippen LogP contribution >= 0.6 is 0 Å². The van der Waals surface area contributed by atoms with E-state index in [-0.39, 0.29) is 0 Å². The molecular formula is C11H21NO. The number of ether oxygens (including phenoxy) is 1. The summed E-state index contributed by atoms with van der Waals surface area (Å²) in [7, 11) is 6.07. The van der Waals surface area contributed by atoms with Crippen molar-refractivity contribution in [2.24, 2.45) is 5.92 Å². The van der Waals surface area contributed by atoms with Gasteiger partial charge in [0.1, 0.15) is 0 Å². The summed E-state index contributed by atoms with van der Waals surface area (Å²) in [6.45, 7) is 3.34. The van der Waals surface area contributed by atoms with Crippen molar-refractivity contribution in [2.75, 3.05) is 27.7 Å². The Hall–Kier alpha value is -0.340. The molecule has 2 heteroatoms. The van der Waals surface area contributed by atoms with Gasteiger partial charge in [-0.2, -0.15) is 0 Å². The Kier molecular flexibility index (Phi) is 3.94. The van der Waals surface area contributed by atoms with Crippen molar-refractivity contribution in [3.8, 4) is 0 Å². The number of nitrogens with zero attached hydrogens (tertiary/aromatic N) is 1. The second-order valence-corrected chi connectivity index (χ2v) is 4.27. The van der Waals surface area contributed by atoms with Crippen LogP contribution in [0, 0.1) is 5.92 Å². The molecule has 0 aliphatic heterocycles. The minimum Gasteiger partial charge on any atom is -0.377 e. The van der Waals surface area contributed by atoms with Crippen molar-refractivity contribution >= 4 is 0 Å². The van der Waals surface area contributed by atoms with E-state index in [1.807, 2.05) is 0 Å². The molecule has 0 heterocycles. The molecule has 0 aromatic rings. The Morgan fingerprint density at radius 1 is 1.54 bits per heavy atom. The summed E-state index contributed by atoms with van der Waals surface area (Å²) in [5.41, 5.74) is 1.40. The Morgan fingerprint density at radius 3 is 2.77 bits per heavy atom. The van der Waals surface area contributed by atoms with Gasteiger partial charge in [-0.25, -0.2) is 0 Å². The first-order valence-corrected chi connectivity index (χ1v) is 4.97. The topological polar surface area (TPSA) is 12.5 Å². The standard InChI is InChI=1S/C11H21NO/c1-9-5-6-10(8-12(2)3)7-11(9)13-4/h5,10-11H,6-8H2,1-4H3. The van der Waals surface area contributed by atoms with Gasteiger partial charge in [-0.05, 0) is 45.4 Å². The summed E-state index contributed by atoms with van der Waals surface area (Å²) in [5.74, 6) is 0.767. The monoisotopic (exact) mass is 183 g/mol. The first-order valence-electron chi connectivity index (χ1n) is 4.97. The molecular weight excluding hydrogens is 162 g/mol. The number of hydrogen-bond donors (Lipinski definition) is 0. The fourth-order valence-corrected chi connectivity index (χ4v) is 2.02. The van der Waals surface area contributed by atoms with E-state index in [1.165, 1.54) is 25.0 Å².